The third-order valence-electron chi connectivity index (χ3n) is 5.63. The number of sulfonamides is 1. The summed E-state index contributed by atoms with van der Waals surface area (Å²) in [4.78, 5) is 15.3. The lowest BCUT2D eigenvalue weighted by Crippen LogP contribution is -2.33. The van der Waals surface area contributed by atoms with E-state index < -0.39 is 20.7 Å². The number of aromatic amines is 1. The van der Waals surface area contributed by atoms with Crippen molar-refractivity contribution in [3.8, 4) is 0 Å². The highest BCUT2D eigenvalue weighted by molar-refractivity contribution is 7.89. The Balaban J connectivity index is 1.81. The van der Waals surface area contributed by atoms with Gasteiger partial charge in [-0.05, 0) is 54.1 Å². The lowest BCUT2D eigenvalue weighted by Gasteiger charge is -2.23. The number of H-pyrrole nitrogens is 1. The monoisotopic (exact) mass is 450 g/mol. The topological polar surface area (TPSA) is 70.2 Å². The van der Waals surface area contributed by atoms with Crippen LogP contribution >= 0.6 is 0 Å². The number of pyridine rings is 1. The molecule has 0 bridgehead atoms. The highest BCUT2D eigenvalue weighted by atomic mass is 32.2. The highest BCUT2D eigenvalue weighted by Crippen LogP contribution is 2.24. The summed E-state index contributed by atoms with van der Waals surface area (Å²) in [6.07, 6.45) is 0. The summed E-state index contributed by atoms with van der Waals surface area (Å²) in [6, 6.07) is 19.8. The molecule has 32 heavy (non-hydrogen) atoms. The van der Waals surface area contributed by atoms with Gasteiger partial charge in [0.25, 0.3) is 5.56 Å². The minimum atomic E-state index is -4.21. The van der Waals surface area contributed by atoms with E-state index in [1.807, 2.05) is 32.0 Å². The highest BCUT2D eigenvalue weighted by Gasteiger charge is 2.28. The molecular formula is C25H23FN2O3S. The predicted molar refractivity (Wildman–Crippen MR) is 123 cm³/mol. The second-order valence-electron chi connectivity index (χ2n) is 7.78. The number of fused-ring (bicyclic) bond motifs is 1. The van der Waals surface area contributed by atoms with Crippen LogP contribution in [0.1, 0.15) is 22.3 Å². The largest absolute Gasteiger partial charge is 0.321 e. The summed E-state index contributed by atoms with van der Waals surface area (Å²) in [5.41, 5.74) is 3.39. The standard InChI is InChI=1S/C25H23FN2O3S/c1-17-12-13-20-14-21(25(29)27-24(20)18(17)2)16-28(15-19-8-4-3-5-9-19)32(30,31)23-11-7-6-10-22(23)26/h3-14H,15-16H2,1-2H3,(H,27,29). The molecule has 1 heterocycles. The third kappa shape index (κ3) is 4.22. The smallest absolute Gasteiger partial charge is 0.252 e. The van der Waals surface area contributed by atoms with Crippen LogP contribution in [0.25, 0.3) is 10.9 Å². The number of nitrogens with zero attached hydrogens (tertiary/aromatic N) is 1. The van der Waals surface area contributed by atoms with Crippen LogP contribution in [-0.2, 0) is 23.1 Å². The molecule has 0 spiro atoms. The fraction of sp³-hybridized carbons (Fsp3) is 0.160. The fourth-order valence-corrected chi connectivity index (χ4v) is 5.15. The number of aryl methyl sites for hydroxylation is 2. The van der Waals surface area contributed by atoms with Crippen molar-refractivity contribution < 1.29 is 12.8 Å². The fourth-order valence-electron chi connectivity index (χ4n) is 3.68. The van der Waals surface area contributed by atoms with E-state index in [0.29, 0.717) is 0 Å². The lowest BCUT2D eigenvalue weighted by molar-refractivity contribution is 0.396. The molecule has 4 aromatic rings. The van der Waals surface area contributed by atoms with E-state index >= 15 is 0 Å². The van der Waals surface area contributed by atoms with Crippen LogP contribution in [0.5, 0.6) is 0 Å². The van der Waals surface area contributed by atoms with Gasteiger partial charge in [-0.1, -0.05) is 54.6 Å². The van der Waals surface area contributed by atoms with Gasteiger partial charge in [-0.15, -0.1) is 0 Å². The Kier molecular flexibility index (Phi) is 5.95. The second kappa shape index (κ2) is 8.68. The number of aromatic nitrogens is 1. The Morgan fingerprint density at radius 1 is 0.906 bits per heavy atom. The van der Waals surface area contributed by atoms with E-state index in [9.17, 15) is 17.6 Å². The maximum Gasteiger partial charge on any atom is 0.252 e. The first-order chi connectivity index (χ1) is 15.3. The molecule has 0 amide bonds. The van der Waals surface area contributed by atoms with E-state index in [4.69, 9.17) is 0 Å². The molecule has 0 unspecified atom stereocenters. The first kappa shape index (κ1) is 21.9. The van der Waals surface area contributed by atoms with Gasteiger partial charge in [0, 0.05) is 18.7 Å². The van der Waals surface area contributed by atoms with E-state index in [1.54, 1.807) is 30.3 Å². The SMILES string of the molecule is Cc1ccc2cc(CN(Cc3ccccc3)S(=O)(=O)c3ccccc3F)c(=O)[nH]c2c1C. The molecule has 0 aliphatic heterocycles. The van der Waals surface area contributed by atoms with Crippen molar-refractivity contribution in [1.82, 2.24) is 9.29 Å². The molecular weight excluding hydrogens is 427 g/mol. The lowest BCUT2D eigenvalue weighted by atomic mass is 10.0. The van der Waals surface area contributed by atoms with Gasteiger partial charge in [-0.25, -0.2) is 12.8 Å². The Bertz CT molecular complexity index is 1450. The summed E-state index contributed by atoms with van der Waals surface area (Å²) >= 11 is 0. The van der Waals surface area contributed by atoms with E-state index in [-0.39, 0.29) is 24.2 Å². The predicted octanol–water partition coefficient (Wildman–Crippen LogP) is 4.68. The van der Waals surface area contributed by atoms with Crippen molar-refractivity contribution in [2.24, 2.45) is 0 Å². The molecule has 164 valence electrons. The Morgan fingerprint density at radius 3 is 2.31 bits per heavy atom. The molecule has 0 saturated heterocycles. The van der Waals surface area contributed by atoms with Gasteiger partial charge in [0.05, 0.1) is 5.52 Å². The maximum absolute atomic E-state index is 14.4. The summed E-state index contributed by atoms with van der Waals surface area (Å²) in [6.45, 7) is 3.70. The van der Waals surface area contributed by atoms with Crippen molar-refractivity contribution in [2.45, 2.75) is 31.8 Å². The Labute approximate surface area is 186 Å². The van der Waals surface area contributed by atoms with Crippen LogP contribution < -0.4 is 5.56 Å². The normalized spacial score (nSPS) is 11.9. The summed E-state index contributed by atoms with van der Waals surface area (Å²) in [5, 5.41) is 0.811. The Morgan fingerprint density at radius 2 is 1.59 bits per heavy atom. The molecule has 0 fully saturated rings. The number of hydrogen-bond donors (Lipinski definition) is 1. The summed E-state index contributed by atoms with van der Waals surface area (Å²) in [5.74, 6) is -0.830. The molecule has 0 saturated carbocycles. The average molecular weight is 451 g/mol. The van der Waals surface area contributed by atoms with Crippen molar-refractivity contribution in [1.29, 1.82) is 0 Å². The molecule has 1 N–H and O–H groups in total. The van der Waals surface area contributed by atoms with Crippen molar-refractivity contribution >= 4 is 20.9 Å². The van der Waals surface area contributed by atoms with E-state index in [1.165, 1.54) is 18.2 Å². The van der Waals surface area contributed by atoms with Gasteiger partial charge >= 0.3 is 0 Å². The number of hydrogen-bond acceptors (Lipinski definition) is 3. The van der Waals surface area contributed by atoms with E-state index in [0.717, 1.165) is 38.0 Å². The van der Waals surface area contributed by atoms with Gasteiger partial charge in [-0.2, -0.15) is 4.31 Å². The Hall–Kier alpha value is -3.29. The molecule has 0 aliphatic rings. The molecule has 3 aromatic carbocycles. The zero-order chi connectivity index (χ0) is 22.9. The van der Waals surface area contributed by atoms with Crippen LogP contribution in [0, 0.1) is 19.7 Å². The van der Waals surface area contributed by atoms with Crippen molar-refractivity contribution in [3.63, 3.8) is 0 Å². The quantitative estimate of drug-likeness (QED) is 0.464. The first-order valence-corrected chi connectivity index (χ1v) is 11.6. The van der Waals surface area contributed by atoms with Crippen molar-refractivity contribution in [3.05, 3.63) is 111 Å². The number of benzene rings is 3. The van der Waals surface area contributed by atoms with E-state index in [2.05, 4.69) is 4.98 Å². The molecule has 7 heteroatoms. The minimum Gasteiger partial charge on any atom is -0.321 e. The number of rotatable bonds is 6. The van der Waals surface area contributed by atoms with Gasteiger partial charge in [-0.3, -0.25) is 4.79 Å². The van der Waals surface area contributed by atoms with Gasteiger partial charge in [0.2, 0.25) is 10.0 Å². The van der Waals surface area contributed by atoms with Crippen LogP contribution in [0.15, 0.2) is 82.5 Å². The molecule has 0 radical (unpaired) electrons. The van der Waals surface area contributed by atoms with Crippen LogP contribution in [0.2, 0.25) is 0 Å². The first-order valence-electron chi connectivity index (χ1n) is 10.2. The number of halogens is 1. The maximum atomic E-state index is 14.4. The summed E-state index contributed by atoms with van der Waals surface area (Å²) in [7, 11) is -4.21. The zero-order valence-corrected chi connectivity index (χ0v) is 18.6. The van der Waals surface area contributed by atoms with Gasteiger partial charge < -0.3 is 4.98 Å². The van der Waals surface area contributed by atoms with Crippen molar-refractivity contribution in [2.75, 3.05) is 0 Å². The second-order valence-corrected chi connectivity index (χ2v) is 9.69. The van der Waals surface area contributed by atoms with Crippen LogP contribution in [-0.4, -0.2) is 17.7 Å². The molecule has 4 rings (SSSR count). The van der Waals surface area contributed by atoms with Gasteiger partial charge in [0.15, 0.2) is 0 Å². The number of nitrogens with one attached hydrogen (secondary N) is 1. The molecule has 0 atom stereocenters. The minimum absolute atomic E-state index is 0.00190. The zero-order valence-electron chi connectivity index (χ0n) is 17.8. The summed E-state index contributed by atoms with van der Waals surface area (Å²) < 4.78 is 42.4. The third-order valence-corrected chi connectivity index (χ3v) is 7.46. The molecule has 0 aliphatic carbocycles. The average Bonchev–Trinajstić information content (AvgIpc) is 2.78. The molecule has 5 nitrogen and oxygen atoms in total. The molecule has 1 aromatic heterocycles. The van der Waals surface area contributed by atoms with Crippen LogP contribution in [0.3, 0.4) is 0 Å². The van der Waals surface area contributed by atoms with Gasteiger partial charge in [0.1, 0.15) is 10.7 Å². The van der Waals surface area contributed by atoms with Crippen LogP contribution in [0.4, 0.5) is 4.39 Å².